The van der Waals surface area contributed by atoms with Crippen LogP contribution in [0, 0.1) is 12.3 Å². The molecule has 5 nitrogen and oxygen atoms in total. The lowest BCUT2D eigenvalue weighted by Gasteiger charge is -2.38. The number of thioether (sulfide) groups is 1. The van der Waals surface area contributed by atoms with E-state index in [1.165, 1.54) is 37.9 Å². The Hall–Kier alpha value is -1.04. The molecule has 19 heavy (non-hydrogen) atoms. The summed E-state index contributed by atoms with van der Waals surface area (Å²) in [5.74, 6) is 2.50. The Balaban J connectivity index is 1.53. The Morgan fingerprint density at radius 3 is 2.79 bits per heavy atom. The largest absolute Gasteiger partial charge is 0.356 e. The van der Waals surface area contributed by atoms with Crippen molar-refractivity contribution in [2.75, 3.05) is 12.3 Å². The van der Waals surface area contributed by atoms with Crippen LogP contribution in [0.1, 0.15) is 43.8 Å². The van der Waals surface area contributed by atoms with E-state index in [0.29, 0.717) is 23.7 Å². The van der Waals surface area contributed by atoms with Gasteiger partial charge in [-0.2, -0.15) is 4.98 Å². The number of amidine groups is 1. The standard InChI is InChI=1S/C13H20N4OS/c1-10-16-11(18-17-10)7-14-12-15-8-13(9-19-12)5-3-2-4-6-13/h2-9H2,1H3,(H,14,15). The molecular formula is C13H20N4OS. The molecule has 1 aromatic rings. The molecule has 0 amide bonds. The monoisotopic (exact) mass is 280 g/mol. The predicted molar refractivity (Wildman–Crippen MR) is 76.2 cm³/mol. The summed E-state index contributed by atoms with van der Waals surface area (Å²) < 4.78 is 5.08. The third kappa shape index (κ3) is 3.11. The molecular weight excluding hydrogens is 260 g/mol. The van der Waals surface area contributed by atoms with Crippen LogP contribution in [0.4, 0.5) is 0 Å². The SMILES string of the molecule is Cc1noc(CNC2=NCC3(CCCCC3)CS2)n1. The zero-order valence-electron chi connectivity index (χ0n) is 11.3. The van der Waals surface area contributed by atoms with Crippen molar-refractivity contribution >= 4 is 16.9 Å². The van der Waals surface area contributed by atoms with Gasteiger partial charge >= 0.3 is 0 Å². The molecule has 0 aromatic carbocycles. The van der Waals surface area contributed by atoms with Crippen molar-refractivity contribution < 1.29 is 4.52 Å². The predicted octanol–water partition coefficient (Wildman–Crippen LogP) is 2.52. The summed E-state index contributed by atoms with van der Waals surface area (Å²) in [7, 11) is 0. The van der Waals surface area contributed by atoms with Gasteiger partial charge in [0.1, 0.15) is 0 Å². The van der Waals surface area contributed by atoms with Gasteiger partial charge in [0.15, 0.2) is 11.0 Å². The average Bonchev–Trinajstić information content (AvgIpc) is 2.85. The molecule has 1 spiro atoms. The highest BCUT2D eigenvalue weighted by Gasteiger charge is 2.34. The number of hydrogen-bond donors (Lipinski definition) is 1. The molecule has 0 radical (unpaired) electrons. The Morgan fingerprint density at radius 2 is 2.16 bits per heavy atom. The first-order valence-electron chi connectivity index (χ1n) is 6.96. The first kappa shape index (κ1) is 13.0. The quantitative estimate of drug-likeness (QED) is 0.902. The highest BCUT2D eigenvalue weighted by atomic mass is 32.2. The van der Waals surface area contributed by atoms with Crippen molar-refractivity contribution in [1.82, 2.24) is 15.5 Å². The third-order valence-corrected chi connectivity index (χ3v) is 5.25. The van der Waals surface area contributed by atoms with E-state index in [1.807, 2.05) is 18.7 Å². The molecule has 0 unspecified atom stereocenters. The van der Waals surface area contributed by atoms with Crippen LogP contribution >= 0.6 is 11.8 Å². The van der Waals surface area contributed by atoms with E-state index in [4.69, 9.17) is 9.52 Å². The minimum atomic E-state index is 0.481. The Labute approximate surface area is 117 Å². The third-order valence-electron chi connectivity index (χ3n) is 3.95. The Morgan fingerprint density at radius 1 is 1.32 bits per heavy atom. The van der Waals surface area contributed by atoms with Gasteiger partial charge in [-0.15, -0.1) is 0 Å². The molecule has 1 aromatic heterocycles. The topological polar surface area (TPSA) is 63.3 Å². The molecule has 104 valence electrons. The molecule has 1 aliphatic heterocycles. The van der Waals surface area contributed by atoms with Gasteiger partial charge in [0.2, 0.25) is 5.89 Å². The molecule has 0 bridgehead atoms. The fourth-order valence-electron chi connectivity index (χ4n) is 2.83. The summed E-state index contributed by atoms with van der Waals surface area (Å²) >= 11 is 1.84. The zero-order valence-corrected chi connectivity index (χ0v) is 12.1. The molecule has 2 aliphatic rings. The van der Waals surface area contributed by atoms with Crippen molar-refractivity contribution in [2.45, 2.75) is 45.6 Å². The summed E-state index contributed by atoms with van der Waals surface area (Å²) in [6.45, 7) is 3.37. The van der Waals surface area contributed by atoms with Crippen LogP contribution in [0.5, 0.6) is 0 Å². The van der Waals surface area contributed by atoms with Gasteiger partial charge in [0.25, 0.3) is 0 Å². The number of aryl methyl sites for hydroxylation is 1. The van der Waals surface area contributed by atoms with E-state index in [0.717, 1.165) is 11.7 Å². The summed E-state index contributed by atoms with van der Waals surface area (Å²) in [4.78, 5) is 8.88. The van der Waals surface area contributed by atoms with Crippen molar-refractivity contribution in [3.8, 4) is 0 Å². The maximum absolute atomic E-state index is 5.08. The zero-order chi connectivity index (χ0) is 13.1. The van der Waals surface area contributed by atoms with Crippen molar-refractivity contribution in [1.29, 1.82) is 0 Å². The molecule has 1 saturated carbocycles. The number of nitrogens with one attached hydrogen (secondary N) is 1. The molecule has 6 heteroatoms. The molecule has 1 N–H and O–H groups in total. The number of aromatic nitrogens is 2. The van der Waals surface area contributed by atoms with E-state index in [-0.39, 0.29) is 0 Å². The Kier molecular flexibility index (Phi) is 3.77. The fourth-order valence-corrected chi connectivity index (χ4v) is 3.98. The number of aliphatic imine (C=N–C) groups is 1. The number of nitrogens with zero attached hydrogens (tertiary/aromatic N) is 3. The van der Waals surface area contributed by atoms with Crippen LogP contribution in [0.15, 0.2) is 9.52 Å². The van der Waals surface area contributed by atoms with Crippen molar-refractivity contribution in [3.05, 3.63) is 11.7 Å². The van der Waals surface area contributed by atoms with Crippen LogP contribution < -0.4 is 5.32 Å². The van der Waals surface area contributed by atoms with Gasteiger partial charge < -0.3 is 9.84 Å². The van der Waals surface area contributed by atoms with Crippen LogP contribution in [-0.4, -0.2) is 27.6 Å². The summed E-state index contributed by atoms with van der Waals surface area (Å²) in [6, 6.07) is 0. The Bertz CT molecular complexity index is 465. The van der Waals surface area contributed by atoms with Crippen molar-refractivity contribution in [3.63, 3.8) is 0 Å². The van der Waals surface area contributed by atoms with E-state index >= 15 is 0 Å². The number of rotatable bonds is 2. The fraction of sp³-hybridized carbons (Fsp3) is 0.769. The van der Waals surface area contributed by atoms with Crippen LogP contribution in [-0.2, 0) is 6.54 Å². The number of hydrogen-bond acceptors (Lipinski definition) is 6. The first-order chi connectivity index (χ1) is 9.26. The van der Waals surface area contributed by atoms with Gasteiger partial charge in [-0.25, -0.2) is 0 Å². The summed E-state index contributed by atoms with van der Waals surface area (Å²) in [6.07, 6.45) is 6.84. The molecule has 1 fully saturated rings. The van der Waals surface area contributed by atoms with E-state index in [1.54, 1.807) is 0 Å². The van der Waals surface area contributed by atoms with Gasteiger partial charge in [0.05, 0.1) is 6.54 Å². The van der Waals surface area contributed by atoms with Crippen LogP contribution in [0.25, 0.3) is 0 Å². The summed E-state index contributed by atoms with van der Waals surface area (Å²) in [5, 5.41) is 8.09. The average molecular weight is 280 g/mol. The van der Waals surface area contributed by atoms with Crippen LogP contribution in [0.2, 0.25) is 0 Å². The second-order valence-electron chi connectivity index (χ2n) is 5.56. The van der Waals surface area contributed by atoms with Gasteiger partial charge in [-0.05, 0) is 25.2 Å². The molecule has 3 rings (SSSR count). The maximum atomic E-state index is 5.08. The molecule has 1 aliphatic carbocycles. The smallest absolute Gasteiger partial charge is 0.245 e. The van der Waals surface area contributed by atoms with Crippen molar-refractivity contribution in [2.24, 2.45) is 10.4 Å². The first-order valence-corrected chi connectivity index (χ1v) is 7.95. The highest BCUT2D eigenvalue weighted by molar-refractivity contribution is 8.13. The second-order valence-corrected chi connectivity index (χ2v) is 6.52. The van der Waals surface area contributed by atoms with Gasteiger partial charge in [-0.1, -0.05) is 36.2 Å². The van der Waals surface area contributed by atoms with E-state index in [9.17, 15) is 0 Å². The molecule has 0 atom stereocenters. The lowest BCUT2D eigenvalue weighted by atomic mass is 9.75. The second kappa shape index (κ2) is 5.53. The summed E-state index contributed by atoms with van der Waals surface area (Å²) in [5.41, 5.74) is 0.481. The molecule has 2 heterocycles. The normalized spacial score (nSPS) is 22.3. The minimum absolute atomic E-state index is 0.481. The highest BCUT2D eigenvalue weighted by Crippen LogP contribution is 2.41. The van der Waals surface area contributed by atoms with Gasteiger partial charge in [-0.3, -0.25) is 4.99 Å². The van der Waals surface area contributed by atoms with E-state index < -0.39 is 0 Å². The molecule has 0 saturated heterocycles. The lowest BCUT2D eigenvalue weighted by Crippen LogP contribution is -2.36. The lowest BCUT2D eigenvalue weighted by molar-refractivity contribution is 0.232. The van der Waals surface area contributed by atoms with Crippen LogP contribution in [0.3, 0.4) is 0 Å². The van der Waals surface area contributed by atoms with Gasteiger partial charge in [0, 0.05) is 12.3 Å². The van der Waals surface area contributed by atoms with E-state index in [2.05, 4.69) is 15.5 Å². The maximum Gasteiger partial charge on any atom is 0.245 e. The minimum Gasteiger partial charge on any atom is -0.356 e.